The van der Waals surface area contributed by atoms with Crippen molar-refractivity contribution in [1.82, 2.24) is 20.2 Å². The lowest BCUT2D eigenvalue weighted by Gasteiger charge is -2.07. The van der Waals surface area contributed by atoms with Gasteiger partial charge in [0.25, 0.3) is 0 Å². The van der Waals surface area contributed by atoms with Crippen LogP contribution in [0.3, 0.4) is 0 Å². The van der Waals surface area contributed by atoms with E-state index in [4.69, 9.17) is 5.11 Å². The summed E-state index contributed by atoms with van der Waals surface area (Å²) in [5.41, 5.74) is 3.15. The predicted octanol–water partition coefficient (Wildman–Crippen LogP) is 1.06. The lowest BCUT2D eigenvalue weighted by atomic mass is 10.2. The number of benzene rings is 1. The Hall–Kier alpha value is -2.08. The molecule has 20 heavy (non-hydrogen) atoms. The monoisotopic (exact) mass is 276 g/mol. The normalized spacial score (nSPS) is 10.8. The molecule has 0 saturated carbocycles. The third-order valence-corrected chi connectivity index (χ3v) is 3.16. The smallest absolute Gasteiger partial charge is 0.315 e. The van der Waals surface area contributed by atoms with Crippen LogP contribution in [-0.2, 0) is 13.6 Å². The Bertz CT molecular complexity index is 606. The number of carbonyl (C=O) groups excluding carboxylic acids is 1. The number of fused-ring (bicyclic) bond motifs is 1. The number of urea groups is 1. The molecule has 0 aliphatic carbocycles. The summed E-state index contributed by atoms with van der Waals surface area (Å²) in [5, 5.41) is 14.1. The van der Waals surface area contributed by atoms with E-state index >= 15 is 0 Å². The quantitative estimate of drug-likeness (QED) is 0.715. The third-order valence-electron chi connectivity index (χ3n) is 3.16. The third kappa shape index (κ3) is 3.27. The van der Waals surface area contributed by atoms with E-state index in [0.717, 1.165) is 22.4 Å². The Morgan fingerprint density at radius 2 is 2.20 bits per heavy atom. The highest BCUT2D eigenvalue weighted by molar-refractivity contribution is 5.77. The fourth-order valence-corrected chi connectivity index (χ4v) is 2.02. The maximum atomic E-state index is 11.5. The largest absolute Gasteiger partial charge is 0.396 e. The van der Waals surface area contributed by atoms with Crippen molar-refractivity contribution in [2.75, 3.05) is 13.2 Å². The molecule has 6 nitrogen and oxygen atoms in total. The number of imidazole rings is 1. The predicted molar refractivity (Wildman–Crippen MR) is 77.4 cm³/mol. The second-order valence-electron chi connectivity index (χ2n) is 4.77. The number of nitrogens with zero attached hydrogens (tertiary/aromatic N) is 2. The van der Waals surface area contributed by atoms with E-state index in [0.29, 0.717) is 19.5 Å². The first-order valence-electron chi connectivity index (χ1n) is 6.66. The van der Waals surface area contributed by atoms with Crippen LogP contribution in [0.5, 0.6) is 0 Å². The Kier molecular flexibility index (Phi) is 4.57. The molecule has 6 heteroatoms. The average Bonchev–Trinajstić information content (AvgIpc) is 2.73. The highest BCUT2D eigenvalue weighted by Gasteiger charge is 2.08. The van der Waals surface area contributed by atoms with Gasteiger partial charge in [-0.15, -0.1) is 0 Å². The van der Waals surface area contributed by atoms with Crippen LogP contribution in [0.15, 0.2) is 18.2 Å². The van der Waals surface area contributed by atoms with Gasteiger partial charge in [0.15, 0.2) is 0 Å². The second-order valence-corrected chi connectivity index (χ2v) is 4.77. The van der Waals surface area contributed by atoms with Crippen molar-refractivity contribution >= 4 is 17.1 Å². The minimum absolute atomic E-state index is 0.0738. The van der Waals surface area contributed by atoms with E-state index in [1.807, 2.05) is 36.7 Å². The van der Waals surface area contributed by atoms with Crippen LogP contribution in [0.4, 0.5) is 4.79 Å². The van der Waals surface area contributed by atoms with Gasteiger partial charge in [-0.05, 0) is 31.0 Å². The lowest BCUT2D eigenvalue weighted by Crippen LogP contribution is -2.36. The van der Waals surface area contributed by atoms with E-state index < -0.39 is 0 Å². The summed E-state index contributed by atoms with van der Waals surface area (Å²) in [6.45, 7) is 2.93. The molecule has 0 aliphatic heterocycles. The summed E-state index contributed by atoms with van der Waals surface area (Å²) in [4.78, 5) is 16.1. The van der Waals surface area contributed by atoms with E-state index in [1.165, 1.54) is 0 Å². The van der Waals surface area contributed by atoms with Crippen LogP contribution in [0.25, 0.3) is 11.0 Å². The van der Waals surface area contributed by atoms with Crippen molar-refractivity contribution < 1.29 is 9.90 Å². The summed E-state index contributed by atoms with van der Waals surface area (Å²) in [7, 11) is 1.94. The molecule has 2 aromatic rings. The molecule has 2 rings (SSSR count). The molecule has 2 amide bonds. The van der Waals surface area contributed by atoms with Gasteiger partial charge in [0.2, 0.25) is 0 Å². The van der Waals surface area contributed by atoms with Crippen LogP contribution < -0.4 is 10.6 Å². The fraction of sp³-hybridized carbons (Fsp3) is 0.429. The topological polar surface area (TPSA) is 79.2 Å². The van der Waals surface area contributed by atoms with Gasteiger partial charge in [0.05, 0.1) is 17.6 Å². The van der Waals surface area contributed by atoms with Gasteiger partial charge in [0.1, 0.15) is 5.82 Å². The zero-order valence-corrected chi connectivity index (χ0v) is 11.8. The second kappa shape index (κ2) is 6.38. The fourth-order valence-electron chi connectivity index (χ4n) is 2.02. The molecule has 3 N–H and O–H groups in total. The van der Waals surface area contributed by atoms with Crippen LogP contribution in [0.1, 0.15) is 17.8 Å². The van der Waals surface area contributed by atoms with E-state index in [1.54, 1.807) is 0 Å². The zero-order valence-electron chi connectivity index (χ0n) is 11.8. The molecule has 0 atom stereocenters. The van der Waals surface area contributed by atoms with Crippen molar-refractivity contribution in [3.63, 3.8) is 0 Å². The van der Waals surface area contributed by atoms with Crippen molar-refractivity contribution in [2.24, 2.45) is 7.05 Å². The van der Waals surface area contributed by atoms with Gasteiger partial charge >= 0.3 is 6.03 Å². The molecule has 0 fully saturated rings. The van der Waals surface area contributed by atoms with Crippen LogP contribution in [-0.4, -0.2) is 33.8 Å². The highest BCUT2D eigenvalue weighted by Crippen LogP contribution is 2.16. The molecular weight excluding hydrogens is 256 g/mol. The van der Waals surface area contributed by atoms with Crippen molar-refractivity contribution in [1.29, 1.82) is 0 Å². The molecule has 0 bridgehead atoms. The minimum atomic E-state index is -0.248. The summed E-state index contributed by atoms with van der Waals surface area (Å²) in [6.07, 6.45) is 0.555. The number of aliphatic hydroxyl groups is 1. The highest BCUT2D eigenvalue weighted by atomic mass is 16.3. The number of carbonyl (C=O) groups is 1. The number of nitrogens with one attached hydrogen (secondary N) is 2. The molecule has 1 aromatic carbocycles. The van der Waals surface area contributed by atoms with E-state index in [-0.39, 0.29) is 12.6 Å². The number of rotatable bonds is 5. The SMILES string of the molecule is Cc1ccc2c(c1)nc(CNC(=O)NCCCO)n2C. The molecule has 0 aliphatic rings. The molecule has 0 unspecified atom stereocenters. The average molecular weight is 276 g/mol. The van der Waals surface area contributed by atoms with Gasteiger partial charge in [-0.25, -0.2) is 9.78 Å². The number of aryl methyl sites for hydroxylation is 2. The maximum Gasteiger partial charge on any atom is 0.315 e. The maximum absolute atomic E-state index is 11.5. The Balaban J connectivity index is 1.99. The Morgan fingerprint density at radius 1 is 1.40 bits per heavy atom. The number of aliphatic hydroxyl groups excluding tert-OH is 1. The molecule has 108 valence electrons. The first-order chi connectivity index (χ1) is 9.61. The summed E-state index contributed by atoms with van der Waals surface area (Å²) in [5.74, 6) is 0.808. The molecule has 1 heterocycles. The molecule has 0 spiro atoms. The number of hydrogen-bond acceptors (Lipinski definition) is 3. The van der Waals surface area contributed by atoms with Gasteiger partial charge < -0.3 is 20.3 Å². The van der Waals surface area contributed by atoms with Gasteiger partial charge in [-0.1, -0.05) is 6.07 Å². The summed E-state index contributed by atoms with van der Waals surface area (Å²) in [6, 6.07) is 5.85. The zero-order chi connectivity index (χ0) is 14.5. The van der Waals surface area contributed by atoms with Crippen molar-refractivity contribution in [2.45, 2.75) is 19.9 Å². The number of hydrogen-bond donors (Lipinski definition) is 3. The van der Waals surface area contributed by atoms with E-state index in [9.17, 15) is 4.79 Å². The first-order valence-corrected chi connectivity index (χ1v) is 6.66. The van der Waals surface area contributed by atoms with Crippen molar-refractivity contribution in [3.05, 3.63) is 29.6 Å². The first kappa shape index (κ1) is 14.3. The van der Waals surface area contributed by atoms with Gasteiger partial charge in [-0.2, -0.15) is 0 Å². The van der Waals surface area contributed by atoms with Crippen LogP contribution in [0.2, 0.25) is 0 Å². The standard InChI is InChI=1S/C14H20N4O2/c1-10-4-5-12-11(8-10)17-13(18(12)2)9-16-14(20)15-6-3-7-19/h4-5,8,19H,3,6-7,9H2,1-2H3,(H2,15,16,20). The van der Waals surface area contributed by atoms with Crippen molar-refractivity contribution in [3.8, 4) is 0 Å². The van der Waals surface area contributed by atoms with E-state index in [2.05, 4.69) is 15.6 Å². The Labute approximate surface area is 117 Å². The van der Waals surface area contributed by atoms with Crippen LogP contribution in [0, 0.1) is 6.92 Å². The number of amides is 2. The van der Waals surface area contributed by atoms with Gasteiger partial charge in [0, 0.05) is 20.2 Å². The molecular formula is C14H20N4O2. The summed E-state index contributed by atoms with van der Waals surface area (Å²) >= 11 is 0. The van der Waals surface area contributed by atoms with Crippen LogP contribution >= 0.6 is 0 Å². The molecule has 0 radical (unpaired) electrons. The molecule has 1 aromatic heterocycles. The van der Waals surface area contributed by atoms with Gasteiger partial charge in [-0.3, -0.25) is 0 Å². The summed E-state index contributed by atoms with van der Waals surface area (Å²) < 4.78 is 1.97. The Morgan fingerprint density at radius 3 is 2.95 bits per heavy atom. The minimum Gasteiger partial charge on any atom is -0.396 e. The molecule has 0 saturated heterocycles. The lowest BCUT2D eigenvalue weighted by molar-refractivity contribution is 0.237. The number of aromatic nitrogens is 2.